The molecule has 1 aliphatic heterocycles. The first-order valence-electron chi connectivity index (χ1n) is 9.86. The van der Waals surface area contributed by atoms with Gasteiger partial charge in [-0.1, -0.05) is 30.3 Å². The summed E-state index contributed by atoms with van der Waals surface area (Å²) in [5.74, 6) is 0.257. The van der Waals surface area contributed by atoms with E-state index >= 15 is 0 Å². The Morgan fingerprint density at radius 1 is 0.963 bits per heavy atom. The average Bonchev–Trinajstić information content (AvgIpc) is 2.97. The Kier molecular flexibility index (Phi) is 6.51. The van der Waals surface area contributed by atoms with Crippen LogP contribution >= 0.6 is 0 Å². The second-order valence-corrected chi connectivity index (χ2v) is 7.66. The van der Waals surface area contributed by atoms with Crippen molar-refractivity contribution in [2.45, 2.75) is 25.7 Å². The van der Waals surface area contributed by atoms with Gasteiger partial charge >= 0.3 is 0 Å². The minimum Gasteiger partial charge on any atom is -0.355 e. The molecule has 0 bridgehead atoms. The first-order valence-corrected chi connectivity index (χ1v) is 9.86. The molecule has 0 N–H and O–H groups in total. The second-order valence-electron chi connectivity index (χ2n) is 7.66. The molecule has 0 atom stereocenters. The average molecular weight is 366 g/mol. The third-order valence-corrected chi connectivity index (χ3v) is 5.36. The third-order valence-electron chi connectivity index (χ3n) is 5.36. The molecule has 4 nitrogen and oxygen atoms in total. The van der Waals surface area contributed by atoms with Crippen molar-refractivity contribution < 1.29 is 4.79 Å². The summed E-state index contributed by atoms with van der Waals surface area (Å²) in [6.45, 7) is 2.97. The Labute approximate surface area is 163 Å². The number of carbonyl (C=O) groups is 1. The third kappa shape index (κ3) is 5.10. The van der Waals surface area contributed by atoms with E-state index in [1.165, 1.54) is 11.3 Å². The highest BCUT2D eigenvalue weighted by atomic mass is 16.1. The molecule has 1 aliphatic rings. The highest BCUT2D eigenvalue weighted by Crippen LogP contribution is 2.34. The number of fused-ring (bicyclic) bond motifs is 1. The molecule has 0 aliphatic carbocycles. The fraction of sp³-hybridized carbons (Fsp3) is 0.435. The van der Waals surface area contributed by atoms with E-state index < -0.39 is 0 Å². The number of unbranched alkanes of at least 4 members (excludes halogenated alkanes) is 1. The quantitative estimate of drug-likeness (QED) is 0.495. The summed E-state index contributed by atoms with van der Waals surface area (Å²) in [5, 5.41) is 0. The van der Waals surface area contributed by atoms with Crippen molar-refractivity contribution in [3.63, 3.8) is 0 Å². The smallest absolute Gasteiger partial charge is 0.162 e. The van der Waals surface area contributed by atoms with Crippen LogP contribution in [0.25, 0.3) is 0 Å². The van der Waals surface area contributed by atoms with E-state index in [4.69, 9.17) is 0 Å². The van der Waals surface area contributed by atoms with Gasteiger partial charge in [-0.3, -0.25) is 4.79 Å². The van der Waals surface area contributed by atoms with Gasteiger partial charge in [0.05, 0.1) is 18.0 Å². The van der Waals surface area contributed by atoms with Gasteiger partial charge in [0, 0.05) is 32.6 Å². The minimum absolute atomic E-state index is 0.257. The summed E-state index contributed by atoms with van der Waals surface area (Å²) in [6, 6.07) is 16.7. The number of hydrogen-bond donors (Lipinski definition) is 0. The zero-order chi connectivity index (χ0) is 19.2. The topological polar surface area (TPSA) is 26.8 Å². The normalized spacial score (nSPS) is 13.3. The predicted octanol–water partition coefficient (Wildman–Crippen LogP) is 4.06. The number of rotatable bonds is 9. The van der Waals surface area contributed by atoms with Crippen molar-refractivity contribution in [1.82, 2.24) is 4.90 Å². The van der Waals surface area contributed by atoms with Crippen molar-refractivity contribution >= 4 is 17.2 Å². The van der Waals surface area contributed by atoms with Crippen LogP contribution in [0.15, 0.2) is 48.5 Å². The number of nitrogens with zero attached hydrogens (tertiary/aromatic N) is 3. The molecule has 0 amide bonds. The highest BCUT2D eigenvalue weighted by molar-refractivity contribution is 5.98. The van der Waals surface area contributed by atoms with Crippen LogP contribution in [0.1, 0.15) is 35.2 Å². The fourth-order valence-corrected chi connectivity index (χ4v) is 3.68. The lowest BCUT2D eigenvalue weighted by Gasteiger charge is -2.16. The summed E-state index contributed by atoms with van der Waals surface area (Å²) in [5.41, 5.74) is 4.58. The fourth-order valence-electron chi connectivity index (χ4n) is 3.68. The van der Waals surface area contributed by atoms with E-state index in [0.29, 0.717) is 6.42 Å². The maximum absolute atomic E-state index is 12.5. The molecule has 0 radical (unpaired) electrons. The molecule has 2 aromatic rings. The van der Waals surface area contributed by atoms with E-state index in [9.17, 15) is 4.79 Å². The van der Waals surface area contributed by atoms with Crippen molar-refractivity contribution in [1.29, 1.82) is 0 Å². The van der Waals surface area contributed by atoms with Crippen molar-refractivity contribution in [2.75, 3.05) is 50.7 Å². The van der Waals surface area contributed by atoms with Crippen molar-refractivity contribution in [3.8, 4) is 0 Å². The van der Waals surface area contributed by atoms with E-state index in [0.717, 1.165) is 50.3 Å². The Hall–Kier alpha value is -2.33. The lowest BCUT2D eigenvalue weighted by molar-refractivity contribution is 0.0978. The van der Waals surface area contributed by atoms with Gasteiger partial charge in [-0.2, -0.15) is 0 Å². The molecular weight excluding hydrogens is 334 g/mol. The van der Waals surface area contributed by atoms with Gasteiger partial charge in [-0.05, 0) is 56.6 Å². The number of carbonyl (C=O) groups excluding carboxylic acids is 1. The van der Waals surface area contributed by atoms with Crippen LogP contribution in [0.5, 0.6) is 0 Å². The van der Waals surface area contributed by atoms with Gasteiger partial charge in [0.15, 0.2) is 5.78 Å². The molecule has 144 valence electrons. The largest absolute Gasteiger partial charge is 0.355 e. The summed E-state index contributed by atoms with van der Waals surface area (Å²) in [7, 11) is 6.32. The molecular formula is C23H31N3O. The van der Waals surface area contributed by atoms with Crippen LogP contribution in [-0.4, -0.2) is 51.6 Å². The summed E-state index contributed by atoms with van der Waals surface area (Å²) >= 11 is 0. The summed E-state index contributed by atoms with van der Waals surface area (Å²) in [4.78, 5) is 19.3. The highest BCUT2D eigenvalue weighted by Gasteiger charge is 2.21. The molecule has 0 aromatic heterocycles. The van der Waals surface area contributed by atoms with Crippen LogP contribution in [0, 0.1) is 0 Å². The molecule has 27 heavy (non-hydrogen) atoms. The summed E-state index contributed by atoms with van der Waals surface area (Å²) < 4.78 is 0. The Balaban J connectivity index is 1.39. The van der Waals surface area contributed by atoms with Crippen LogP contribution in [0.3, 0.4) is 0 Å². The predicted molar refractivity (Wildman–Crippen MR) is 114 cm³/mol. The summed E-state index contributed by atoms with van der Waals surface area (Å²) in [6.07, 6.45) is 3.71. The lowest BCUT2D eigenvalue weighted by atomic mass is 10.0. The van der Waals surface area contributed by atoms with Crippen molar-refractivity contribution in [3.05, 3.63) is 59.7 Å². The number of anilines is 2. The minimum atomic E-state index is 0.257. The first-order chi connectivity index (χ1) is 13.0. The molecule has 2 aromatic carbocycles. The van der Waals surface area contributed by atoms with Gasteiger partial charge < -0.3 is 14.7 Å². The maximum atomic E-state index is 12.5. The van der Waals surface area contributed by atoms with E-state index in [1.807, 2.05) is 12.1 Å². The maximum Gasteiger partial charge on any atom is 0.162 e. The lowest BCUT2D eigenvalue weighted by Crippen LogP contribution is -2.23. The monoisotopic (exact) mass is 365 g/mol. The van der Waals surface area contributed by atoms with E-state index in [1.54, 1.807) is 0 Å². The van der Waals surface area contributed by atoms with Crippen LogP contribution in [0.4, 0.5) is 11.4 Å². The standard InChI is InChI=1S/C23H31N3O/c1-24(16-14-19-9-5-4-6-10-19)15-8-7-11-23(27)20-12-13-21-22(17-20)26(3)18-25(21)2/h4-6,9-10,12-13,17H,7-8,11,14-16,18H2,1-3H3. The molecule has 0 spiro atoms. The Bertz CT molecular complexity index is 759. The molecule has 0 unspecified atom stereocenters. The molecule has 0 saturated heterocycles. The molecule has 3 rings (SSSR count). The molecule has 4 heteroatoms. The molecule has 0 saturated carbocycles. The molecule has 1 heterocycles. The Morgan fingerprint density at radius 2 is 1.70 bits per heavy atom. The number of likely N-dealkylation sites (N-methyl/N-ethyl adjacent to an activating group) is 1. The van der Waals surface area contributed by atoms with Crippen LogP contribution < -0.4 is 9.80 Å². The zero-order valence-corrected chi connectivity index (χ0v) is 16.8. The number of hydrogen-bond acceptors (Lipinski definition) is 4. The van der Waals surface area contributed by atoms with Gasteiger partial charge in [0.1, 0.15) is 0 Å². The van der Waals surface area contributed by atoms with Crippen LogP contribution in [-0.2, 0) is 6.42 Å². The molecule has 0 fully saturated rings. The second kappa shape index (κ2) is 9.05. The Morgan fingerprint density at radius 3 is 2.48 bits per heavy atom. The van der Waals surface area contributed by atoms with Gasteiger partial charge in [0.25, 0.3) is 0 Å². The zero-order valence-electron chi connectivity index (χ0n) is 16.8. The van der Waals surface area contributed by atoms with Gasteiger partial charge in [-0.25, -0.2) is 0 Å². The number of benzene rings is 2. The first kappa shape index (κ1) is 19.4. The number of ketones is 1. The van der Waals surface area contributed by atoms with Gasteiger partial charge in [0.2, 0.25) is 0 Å². The van der Waals surface area contributed by atoms with Gasteiger partial charge in [-0.15, -0.1) is 0 Å². The van der Waals surface area contributed by atoms with Crippen LogP contribution in [0.2, 0.25) is 0 Å². The SMILES string of the molecule is CN(CCCCC(=O)c1ccc2c(c1)N(C)CN2C)CCc1ccccc1. The number of Topliss-reactive ketones (excluding diaryl/α,β-unsaturated/α-hetero) is 1. The van der Waals surface area contributed by atoms with E-state index in [-0.39, 0.29) is 5.78 Å². The van der Waals surface area contributed by atoms with Crippen molar-refractivity contribution in [2.24, 2.45) is 0 Å². The van der Waals surface area contributed by atoms with E-state index in [2.05, 4.69) is 72.2 Å².